The summed E-state index contributed by atoms with van der Waals surface area (Å²) in [4.78, 5) is 24.1. The van der Waals surface area contributed by atoms with Gasteiger partial charge in [-0.25, -0.2) is 0 Å². The van der Waals surface area contributed by atoms with Crippen molar-refractivity contribution < 1.29 is 9.53 Å². The summed E-state index contributed by atoms with van der Waals surface area (Å²) < 4.78 is 6.61. The Balaban J connectivity index is 2.29. The van der Waals surface area contributed by atoms with Crippen molar-refractivity contribution in [1.82, 2.24) is 9.99 Å². The van der Waals surface area contributed by atoms with Crippen molar-refractivity contribution in [3.63, 3.8) is 0 Å². The molecule has 2 aromatic rings. The molecule has 1 aromatic carbocycles. The summed E-state index contributed by atoms with van der Waals surface area (Å²) in [6, 6.07) is 10.6. The van der Waals surface area contributed by atoms with Crippen LogP contribution < -0.4 is 21.3 Å². The molecule has 0 aliphatic heterocycles. The van der Waals surface area contributed by atoms with E-state index in [1.165, 1.54) is 18.3 Å². The first-order valence-corrected chi connectivity index (χ1v) is 6.70. The molecule has 1 amide bonds. The number of carbonyl (C=O) groups is 1. The molecule has 0 unspecified atom stereocenters. The van der Waals surface area contributed by atoms with Gasteiger partial charge in [-0.3, -0.25) is 14.3 Å². The predicted octanol–water partition coefficient (Wildman–Crippen LogP) is 1.06. The summed E-state index contributed by atoms with van der Waals surface area (Å²) in [5.41, 5.74) is 0.457. The second-order valence-corrected chi connectivity index (χ2v) is 4.54. The highest BCUT2D eigenvalue weighted by atomic mass is 16.5. The van der Waals surface area contributed by atoms with E-state index in [2.05, 4.69) is 11.9 Å². The molecule has 22 heavy (non-hydrogen) atoms. The number of nitrogens with zero attached hydrogens (tertiary/aromatic N) is 1. The zero-order chi connectivity index (χ0) is 15.9. The van der Waals surface area contributed by atoms with Gasteiger partial charge in [-0.2, -0.15) is 0 Å². The number of aromatic nitrogens is 1. The van der Waals surface area contributed by atoms with Gasteiger partial charge in [0.15, 0.2) is 11.4 Å². The third-order valence-electron chi connectivity index (χ3n) is 2.93. The average molecular weight is 299 g/mol. The molecule has 0 saturated carbocycles. The largest absolute Gasteiger partial charge is 0.482 e. The number of rotatable bonds is 6. The van der Waals surface area contributed by atoms with Gasteiger partial charge in [-0.1, -0.05) is 36.4 Å². The lowest BCUT2D eigenvalue weighted by Gasteiger charge is -2.13. The average Bonchev–Trinajstić information content (AvgIpc) is 2.54. The Morgan fingerprint density at radius 2 is 2.05 bits per heavy atom. The van der Waals surface area contributed by atoms with Crippen molar-refractivity contribution >= 4 is 5.91 Å². The van der Waals surface area contributed by atoms with E-state index in [0.29, 0.717) is 0 Å². The van der Waals surface area contributed by atoms with E-state index in [9.17, 15) is 9.59 Å². The lowest BCUT2D eigenvalue weighted by molar-refractivity contribution is 0.0944. The van der Waals surface area contributed by atoms with Crippen molar-refractivity contribution in [2.24, 2.45) is 0 Å². The van der Waals surface area contributed by atoms with Crippen molar-refractivity contribution in [2.75, 3.05) is 12.4 Å². The van der Waals surface area contributed by atoms with Crippen LogP contribution >= 0.6 is 0 Å². The molecule has 0 fully saturated rings. The monoisotopic (exact) mass is 299 g/mol. The first kappa shape index (κ1) is 15.4. The second-order valence-electron chi connectivity index (χ2n) is 4.54. The van der Waals surface area contributed by atoms with Crippen LogP contribution in [0.15, 0.2) is 60.0 Å². The topological polar surface area (TPSA) is 86.3 Å². The van der Waals surface area contributed by atoms with Crippen LogP contribution in [0.4, 0.5) is 0 Å². The molecule has 0 atom stereocenters. The minimum absolute atomic E-state index is 0.0229. The maximum Gasteiger partial charge on any atom is 0.274 e. The zero-order valence-corrected chi connectivity index (χ0v) is 12.0. The van der Waals surface area contributed by atoms with Crippen LogP contribution in [-0.4, -0.2) is 17.1 Å². The Labute approximate surface area is 127 Å². The molecule has 114 valence electrons. The number of nitrogens with one attached hydrogen (secondary N) is 1. The van der Waals surface area contributed by atoms with E-state index >= 15 is 0 Å². The van der Waals surface area contributed by atoms with Gasteiger partial charge in [0.2, 0.25) is 5.43 Å². The maximum absolute atomic E-state index is 12.1. The van der Waals surface area contributed by atoms with Crippen LogP contribution in [0.5, 0.6) is 5.75 Å². The van der Waals surface area contributed by atoms with Gasteiger partial charge in [-0.15, -0.1) is 6.58 Å². The molecule has 3 N–H and O–H groups in total. The van der Waals surface area contributed by atoms with E-state index in [-0.39, 0.29) is 24.6 Å². The molecule has 1 aromatic heterocycles. The van der Waals surface area contributed by atoms with Crippen molar-refractivity contribution in [2.45, 2.75) is 6.61 Å². The Morgan fingerprint density at radius 1 is 1.32 bits per heavy atom. The van der Waals surface area contributed by atoms with Crippen LogP contribution in [-0.2, 0) is 6.61 Å². The molecule has 2 rings (SSSR count). The summed E-state index contributed by atoms with van der Waals surface area (Å²) in [5.74, 6) is 5.17. The summed E-state index contributed by atoms with van der Waals surface area (Å²) >= 11 is 0. The number of hydrogen-bond donors (Lipinski definition) is 2. The Morgan fingerprint density at radius 3 is 2.73 bits per heavy atom. The number of benzene rings is 1. The quantitative estimate of drug-likeness (QED) is 0.617. The van der Waals surface area contributed by atoms with Crippen LogP contribution in [0, 0.1) is 0 Å². The fourth-order valence-corrected chi connectivity index (χ4v) is 1.87. The van der Waals surface area contributed by atoms with Gasteiger partial charge < -0.3 is 15.9 Å². The van der Waals surface area contributed by atoms with Crippen LogP contribution in [0.2, 0.25) is 0 Å². The fraction of sp³-hybridized carbons (Fsp3) is 0.125. The van der Waals surface area contributed by atoms with E-state index < -0.39 is 11.3 Å². The molecule has 0 aliphatic carbocycles. The van der Waals surface area contributed by atoms with Gasteiger partial charge in [0, 0.05) is 18.8 Å². The Bertz CT molecular complexity index is 723. The van der Waals surface area contributed by atoms with Gasteiger partial charge in [0.1, 0.15) is 6.61 Å². The zero-order valence-electron chi connectivity index (χ0n) is 12.0. The lowest BCUT2D eigenvalue weighted by Crippen LogP contribution is -2.32. The van der Waals surface area contributed by atoms with Gasteiger partial charge in [-0.05, 0) is 5.56 Å². The minimum atomic E-state index is -0.497. The number of nitrogen functional groups attached to an aromatic ring is 1. The SMILES string of the molecule is C=CCNC(=O)c1c(OCc2ccccc2)c(=O)ccn1N. The molecule has 0 radical (unpaired) electrons. The third-order valence-corrected chi connectivity index (χ3v) is 2.93. The van der Waals surface area contributed by atoms with Crippen LogP contribution in [0.1, 0.15) is 16.1 Å². The standard InChI is InChI=1S/C16H17N3O3/c1-2-9-18-16(21)14-15(13(20)8-10-19(14)17)22-11-12-6-4-3-5-7-12/h2-8,10H,1,9,11,17H2,(H,18,21). The van der Waals surface area contributed by atoms with E-state index in [1.807, 2.05) is 30.3 Å². The van der Waals surface area contributed by atoms with Gasteiger partial charge in [0.05, 0.1) is 0 Å². The number of pyridine rings is 1. The first-order chi connectivity index (χ1) is 10.6. The van der Waals surface area contributed by atoms with E-state index in [1.54, 1.807) is 0 Å². The lowest BCUT2D eigenvalue weighted by atomic mass is 10.2. The molecule has 1 heterocycles. The molecule has 6 heteroatoms. The fourth-order valence-electron chi connectivity index (χ4n) is 1.87. The van der Waals surface area contributed by atoms with Crippen LogP contribution in [0.25, 0.3) is 0 Å². The number of nitrogens with two attached hydrogens (primary N) is 1. The summed E-state index contributed by atoms with van der Waals surface area (Å²) in [6.07, 6.45) is 2.85. The van der Waals surface area contributed by atoms with E-state index in [0.717, 1.165) is 10.2 Å². The molecular weight excluding hydrogens is 282 g/mol. The maximum atomic E-state index is 12.1. The smallest absolute Gasteiger partial charge is 0.274 e. The number of hydrogen-bond acceptors (Lipinski definition) is 4. The third kappa shape index (κ3) is 3.54. The van der Waals surface area contributed by atoms with Gasteiger partial charge >= 0.3 is 0 Å². The molecule has 0 bridgehead atoms. The number of amides is 1. The van der Waals surface area contributed by atoms with Crippen LogP contribution in [0.3, 0.4) is 0 Å². The summed E-state index contributed by atoms with van der Waals surface area (Å²) in [5, 5.41) is 2.58. The number of carbonyl (C=O) groups excluding carboxylic acids is 1. The van der Waals surface area contributed by atoms with Crippen molar-refractivity contribution in [3.05, 3.63) is 76.7 Å². The highest BCUT2D eigenvalue weighted by Crippen LogP contribution is 2.13. The highest BCUT2D eigenvalue weighted by molar-refractivity contribution is 5.95. The van der Waals surface area contributed by atoms with Crippen molar-refractivity contribution in [1.29, 1.82) is 0 Å². The Hall–Kier alpha value is -3.02. The molecule has 0 spiro atoms. The van der Waals surface area contributed by atoms with Gasteiger partial charge in [0.25, 0.3) is 5.91 Å². The Kier molecular flexibility index (Phi) is 4.98. The highest BCUT2D eigenvalue weighted by Gasteiger charge is 2.19. The summed E-state index contributed by atoms with van der Waals surface area (Å²) in [6.45, 7) is 3.95. The number of ether oxygens (including phenoxy) is 1. The molecule has 0 saturated heterocycles. The van der Waals surface area contributed by atoms with E-state index in [4.69, 9.17) is 10.6 Å². The van der Waals surface area contributed by atoms with Crippen molar-refractivity contribution in [3.8, 4) is 5.75 Å². The minimum Gasteiger partial charge on any atom is -0.482 e. The molecular formula is C16H17N3O3. The first-order valence-electron chi connectivity index (χ1n) is 6.70. The molecule has 0 aliphatic rings. The molecule has 6 nitrogen and oxygen atoms in total. The second kappa shape index (κ2) is 7.12. The predicted molar refractivity (Wildman–Crippen MR) is 84.2 cm³/mol. The summed E-state index contributed by atoms with van der Waals surface area (Å²) in [7, 11) is 0. The normalized spacial score (nSPS) is 10.0.